The fraction of sp³-hybridized carbons (Fsp3) is 0.182. The maximum Gasteiger partial charge on any atom is 0.232 e. The number of benzene rings is 2. The minimum absolute atomic E-state index is 0.00681. The molecule has 4 rings (SSSR count). The highest BCUT2D eigenvalue weighted by atomic mass is 16.4. The van der Waals surface area contributed by atoms with Crippen LogP contribution >= 0.6 is 0 Å². The Balaban J connectivity index is 1.64. The number of nitrogens with one attached hydrogen (secondary N) is 1. The molecule has 0 unspecified atom stereocenters. The maximum absolute atomic E-state index is 9.51. The van der Waals surface area contributed by atoms with Crippen LogP contribution in [-0.4, -0.2) is 30.5 Å². The van der Waals surface area contributed by atoms with E-state index < -0.39 is 0 Å². The van der Waals surface area contributed by atoms with Gasteiger partial charge in [-0.05, 0) is 43.1 Å². The molecule has 2 aromatic carbocycles. The van der Waals surface area contributed by atoms with Gasteiger partial charge in [0, 0.05) is 12.1 Å². The van der Waals surface area contributed by atoms with Gasteiger partial charge in [0.1, 0.15) is 11.8 Å². The van der Waals surface area contributed by atoms with E-state index in [0.717, 1.165) is 22.1 Å². The van der Waals surface area contributed by atoms with Gasteiger partial charge < -0.3 is 14.2 Å². The summed E-state index contributed by atoms with van der Waals surface area (Å²) in [6.45, 7) is 0.513. The Kier molecular flexibility index (Phi) is 4.83. The smallest absolute Gasteiger partial charge is 0.232 e. The summed E-state index contributed by atoms with van der Waals surface area (Å²) in [5.41, 5.74) is 1.10. The zero-order valence-electron chi connectivity index (χ0n) is 15.7. The largest absolute Gasteiger partial charge is 0.468 e. The predicted octanol–water partition coefficient (Wildman–Crippen LogP) is 4.67. The van der Waals surface area contributed by atoms with Crippen molar-refractivity contribution in [3.63, 3.8) is 0 Å². The Labute approximate surface area is 163 Å². The van der Waals surface area contributed by atoms with E-state index >= 15 is 0 Å². The predicted molar refractivity (Wildman–Crippen MR) is 108 cm³/mol. The lowest BCUT2D eigenvalue weighted by Crippen LogP contribution is -2.26. The quantitative estimate of drug-likeness (QED) is 0.530. The van der Waals surface area contributed by atoms with Crippen molar-refractivity contribution in [3.8, 4) is 17.5 Å². The maximum atomic E-state index is 9.51. The highest BCUT2D eigenvalue weighted by molar-refractivity contribution is 5.94. The molecule has 6 nitrogen and oxygen atoms in total. The normalized spacial score (nSPS) is 12.2. The molecule has 2 aromatic heterocycles. The van der Waals surface area contributed by atoms with Gasteiger partial charge in [0.2, 0.25) is 17.5 Å². The Morgan fingerprint density at radius 2 is 1.93 bits per heavy atom. The summed E-state index contributed by atoms with van der Waals surface area (Å²) < 4.78 is 11.5. The second-order valence-electron chi connectivity index (χ2n) is 6.71. The first-order chi connectivity index (χ1) is 13.7. The summed E-state index contributed by atoms with van der Waals surface area (Å²) in [5, 5.41) is 14.9. The Bertz CT molecular complexity index is 1120. The molecule has 0 saturated heterocycles. The fourth-order valence-electron chi connectivity index (χ4n) is 3.25. The van der Waals surface area contributed by atoms with Gasteiger partial charge in [-0.15, -0.1) is 0 Å². The summed E-state index contributed by atoms with van der Waals surface area (Å²) in [5.74, 6) is 1.63. The number of hydrogen-bond acceptors (Lipinski definition) is 6. The van der Waals surface area contributed by atoms with Crippen LogP contribution in [0, 0.1) is 11.3 Å². The highest BCUT2D eigenvalue weighted by Gasteiger charge is 2.20. The van der Waals surface area contributed by atoms with Gasteiger partial charge in [0.25, 0.3) is 0 Å². The molecule has 4 aromatic rings. The molecule has 2 heterocycles. The van der Waals surface area contributed by atoms with E-state index in [9.17, 15) is 5.26 Å². The highest BCUT2D eigenvalue weighted by Crippen LogP contribution is 2.31. The van der Waals surface area contributed by atoms with Crippen molar-refractivity contribution >= 4 is 16.7 Å². The van der Waals surface area contributed by atoms with Gasteiger partial charge in [0.15, 0.2) is 0 Å². The standard InChI is InChI=1S/C22H20N4O2/c1-26(2)19(20-11-6-12-27-20)14-24-22-18(13-23)25-21(28-22)17-10-5-8-15-7-3-4-9-16(15)17/h3-12,19,24H,14H2,1-2H3/t19-/m1/s1. The summed E-state index contributed by atoms with van der Waals surface area (Å²) >= 11 is 0. The molecule has 1 atom stereocenters. The minimum atomic E-state index is -0.00681. The van der Waals surface area contributed by atoms with Crippen molar-refractivity contribution < 1.29 is 8.83 Å². The van der Waals surface area contributed by atoms with Gasteiger partial charge in [-0.25, -0.2) is 0 Å². The second kappa shape index (κ2) is 7.59. The first-order valence-corrected chi connectivity index (χ1v) is 9.00. The van der Waals surface area contributed by atoms with Crippen LogP contribution in [0.15, 0.2) is 69.7 Å². The van der Waals surface area contributed by atoms with Crippen LogP contribution in [0.2, 0.25) is 0 Å². The zero-order chi connectivity index (χ0) is 19.5. The van der Waals surface area contributed by atoms with E-state index in [1.165, 1.54) is 0 Å². The second-order valence-corrected chi connectivity index (χ2v) is 6.71. The van der Waals surface area contributed by atoms with Crippen molar-refractivity contribution in [2.45, 2.75) is 6.04 Å². The van der Waals surface area contributed by atoms with Crippen LogP contribution in [0.1, 0.15) is 17.5 Å². The van der Waals surface area contributed by atoms with Crippen molar-refractivity contribution in [3.05, 3.63) is 72.3 Å². The first-order valence-electron chi connectivity index (χ1n) is 9.00. The third kappa shape index (κ3) is 3.36. The third-order valence-electron chi connectivity index (χ3n) is 4.70. The number of fused-ring (bicyclic) bond motifs is 1. The van der Waals surface area contributed by atoms with Crippen LogP contribution in [0.3, 0.4) is 0 Å². The SMILES string of the molecule is CN(C)[C@H](CNc1oc(-c2cccc3ccccc23)nc1C#N)c1ccco1. The lowest BCUT2D eigenvalue weighted by molar-refractivity contribution is 0.268. The topological polar surface area (TPSA) is 78.2 Å². The first kappa shape index (κ1) is 17.8. The van der Waals surface area contributed by atoms with Crippen LogP contribution in [0.4, 0.5) is 5.88 Å². The van der Waals surface area contributed by atoms with Gasteiger partial charge in [-0.1, -0.05) is 36.4 Å². The Morgan fingerprint density at radius 1 is 1.11 bits per heavy atom. The van der Waals surface area contributed by atoms with Gasteiger partial charge in [-0.3, -0.25) is 4.90 Å². The number of hydrogen-bond donors (Lipinski definition) is 1. The van der Waals surface area contributed by atoms with Gasteiger partial charge in [0.05, 0.1) is 12.3 Å². The molecule has 0 aliphatic carbocycles. The zero-order valence-corrected chi connectivity index (χ0v) is 15.7. The molecule has 140 valence electrons. The molecule has 0 aliphatic rings. The average Bonchev–Trinajstić information content (AvgIpc) is 3.37. The summed E-state index contributed by atoms with van der Waals surface area (Å²) in [7, 11) is 3.95. The molecule has 0 spiro atoms. The third-order valence-corrected chi connectivity index (χ3v) is 4.70. The van der Waals surface area contributed by atoms with E-state index in [-0.39, 0.29) is 11.7 Å². The van der Waals surface area contributed by atoms with Crippen LogP contribution in [-0.2, 0) is 0 Å². The number of aromatic nitrogens is 1. The number of nitriles is 1. The number of anilines is 1. The van der Waals surface area contributed by atoms with E-state index in [4.69, 9.17) is 8.83 Å². The summed E-state index contributed by atoms with van der Waals surface area (Å²) in [6, 6.07) is 19.9. The molecular formula is C22H20N4O2. The van der Waals surface area contributed by atoms with Crippen LogP contribution in [0.5, 0.6) is 0 Å². The number of nitrogens with zero attached hydrogens (tertiary/aromatic N) is 3. The lowest BCUT2D eigenvalue weighted by atomic mass is 10.0. The van der Waals surface area contributed by atoms with Gasteiger partial charge >= 0.3 is 0 Å². The van der Waals surface area contributed by atoms with Crippen LogP contribution in [0.25, 0.3) is 22.2 Å². The van der Waals surface area contributed by atoms with E-state index in [1.54, 1.807) is 6.26 Å². The molecule has 0 bridgehead atoms. The number of rotatable bonds is 6. The summed E-state index contributed by atoms with van der Waals surface area (Å²) in [6.07, 6.45) is 1.65. The van der Waals surface area contributed by atoms with E-state index in [1.807, 2.05) is 73.6 Å². The number of likely N-dealkylation sites (N-methyl/N-ethyl adjacent to an activating group) is 1. The number of oxazole rings is 1. The minimum Gasteiger partial charge on any atom is -0.468 e. The molecule has 0 amide bonds. The Morgan fingerprint density at radius 3 is 2.68 bits per heavy atom. The molecule has 6 heteroatoms. The van der Waals surface area contributed by atoms with Crippen LogP contribution < -0.4 is 5.32 Å². The van der Waals surface area contributed by atoms with Gasteiger partial charge in [-0.2, -0.15) is 10.2 Å². The molecule has 1 N–H and O–H groups in total. The molecule has 28 heavy (non-hydrogen) atoms. The summed E-state index contributed by atoms with van der Waals surface area (Å²) in [4.78, 5) is 6.45. The fourth-order valence-corrected chi connectivity index (χ4v) is 3.25. The molecule has 0 fully saturated rings. The molecular weight excluding hydrogens is 352 g/mol. The Hall–Kier alpha value is -3.56. The van der Waals surface area contributed by atoms with E-state index in [2.05, 4.69) is 16.4 Å². The van der Waals surface area contributed by atoms with E-state index in [0.29, 0.717) is 18.3 Å². The lowest BCUT2D eigenvalue weighted by Gasteiger charge is -2.22. The average molecular weight is 372 g/mol. The molecule has 0 aliphatic heterocycles. The molecule has 0 saturated carbocycles. The van der Waals surface area contributed by atoms with Crippen molar-refractivity contribution in [2.24, 2.45) is 0 Å². The van der Waals surface area contributed by atoms with Crippen molar-refractivity contribution in [2.75, 3.05) is 26.0 Å². The monoisotopic (exact) mass is 372 g/mol. The number of furan rings is 1. The van der Waals surface area contributed by atoms with Crippen molar-refractivity contribution in [1.29, 1.82) is 5.26 Å². The molecule has 0 radical (unpaired) electrons. The van der Waals surface area contributed by atoms with Crippen molar-refractivity contribution in [1.82, 2.24) is 9.88 Å².